The molecule has 2 aliphatic heterocycles. The van der Waals surface area contributed by atoms with Gasteiger partial charge in [0.15, 0.2) is 0 Å². The van der Waals surface area contributed by atoms with Crippen molar-refractivity contribution < 1.29 is 47.8 Å². The average Bonchev–Trinajstić information content (AvgIpc) is 3.71. The number of nitrogens with zero attached hydrogens (tertiary/aromatic N) is 3. The van der Waals surface area contributed by atoms with E-state index in [1.54, 1.807) is 45.9 Å². The predicted octanol–water partition coefficient (Wildman–Crippen LogP) is 5.60. The molecule has 1 saturated heterocycles. The number of amides is 6. The minimum atomic E-state index is -1.13. The number of esters is 1. The number of rotatable bonds is 11. The molecule has 3 aromatic carbocycles. The van der Waals surface area contributed by atoms with Crippen LogP contribution >= 0.6 is 0 Å². The number of hydrogen-bond donors (Lipinski definition) is 3. The number of likely N-dealkylation sites (N-methyl/N-ethyl adjacent to an activating group) is 1. The molecule has 0 radical (unpaired) electrons. The van der Waals surface area contributed by atoms with Crippen molar-refractivity contribution in [2.45, 2.75) is 136 Å². The summed E-state index contributed by atoms with van der Waals surface area (Å²) in [7, 11) is 2.68. The lowest BCUT2D eigenvalue weighted by atomic mass is 9.83. The second-order valence-corrected chi connectivity index (χ2v) is 19.5. The number of methoxy groups -OCH3 is 1. The van der Waals surface area contributed by atoms with Crippen LogP contribution in [0.3, 0.4) is 0 Å². The van der Waals surface area contributed by atoms with Gasteiger partial charge in [-0.2, -0.15) is 0 Å². The van der Waals surface area contributed by atoms with Crippen LogP contribution in [0.1, 0.15) is 112 Å². The molecule has 0 aromatic heterocycles. The van der Waals surface area contributed by atoms with Crippen molar-refractivity contribution >= 4 is 41.8 Å². The maximum Gasteiger partial charge on any atom is 0.410 e. The monoisotopic (exact) mass is 908 g/mol. The van der Waals surface area contributed by atoms with E-state index in [1.165, 1.54) is 28.9 Å². The summed E-state index contributed by atoms with van der Waals surface area (Å²) >= 11 is 0. The molecule has 16 nitrogen and oxygen atoms in total. The second kappa shape index (κ2) is 20.4. The van der Waals surface area contributed by atoms with Gasteiger partial charge in [0.1, 0.15) is 36.4 Å². The summed E-state index contributed by atoms with van der Waals surface area (Å²) < 4.78 is 16.0. The molecule has 1 aliphatic carbocycles. The van der Waals surface area contributed by atoms with E-state index in [4.69, 9.17) is 14.2 Å². The zero-order valence-corrected chi connectivity index (χ0v) is 39.5. The van der Waals surface area contributed by atoms with E-state index in [9.17, 15) is 28.8 Å². The molecule has 6 rings (SSSR count). The summed E-state index contributed by atoms with van der Waals surface area (Å²) in [6.45, 7) is 12.1. The summed E-state index contributed by atoms with van der Waals surface area (Å²) in [4.78, 5) is 100. The van der Waals surface area contributed by atoms with Gasteiger partial charge in [-0.25, -0.2) is 14.4 Å². The van der Waals surface area contributed by atoms with Crippen molar-refractivity contribution in [3.63, 3.8) is 0 Å². The van der Waals surface area contributed by atoms with Crippen LogP contribution in [0.15, 0.2) is 72.8 Å². The summed E-state index contributed by atoms with van der Waals surface area (Å²) in [5, 5.41) is 9.10. The Bertz CT molecular complexity index is 2310. The molecule has 1 fully saturated rings. The first-order valence-electron chi connectivity index (χ1n) is 22.6. The van der Waals surface area contributed by atoms with Crippen LogP contribution in [-0.4, -0.2) is 113 Å². The van der Waals surface area contributed by atoms with Crippen LogP contribution in [0.2, 0.25) is 0 Å². The number of fused-ring (bicyclic) bond motifs is 2. The van der Waals surface area contributed by atoms with Crippen LogP contribution < -0.4 is 16.0 Å². The van der Waals surface area contributed by atoms with E-state index < -0.39 is 77.1 Å². The minimum absolute atomic E-state index is 0.000226. The molecule has 2 heterocycles. The fraction of sp³-hybridized carbons (Fsp3) is 0.500. The Morgan fingerprint density at radius 1 is 0.833 bits per heavy atom. The highest BCUT2D eigenvalue weighted by molar-refractivity contribution is 5.96. The van der Waals surface area contributed by atoms with Gasteiger partial charge in [-0.15, -0.1) is 0 Å². The number of likely N-dealkylation sites (tertiary alicyclic amines) is 1. The summed E-state index contributed by atoms with van der Waals surface area (Å²) in [5.41, 5.74) is 2.99. The lowest BCUT2D eigenvalue weighted by Gasteiger charge is -2.42. The van der Waals surface area contributed by atoms with Gasteiger partial charge in [0.05, 0.1) is 13.2 Å². The molecule has 3 aliphatic rings. The minimum Gasteiger partial charge on any atom is -0.467 e. The first-order valence-corrected chi connectivity index (χ1v) is 22.6. The van der Waals surface area contributed by atoms with E-state index >= 15 is 4.79 Å². The Labute approximate surface area is 387 Å². The van der Waals surface area contributed by atoms with E-state index in [-0.39, 0.29) is 50.1 Å². The quantitative estimate of drug-likeness (QED) is 0.161. The lowest BCUT2D eigenvalue weighted by molar-refractivity contribution is -0.147. The number of carbonyl (C=O) groups is 7. The molecule has 6 amide bonds. The summed E-state index contributed by atoms with van der Waals surface area (Å²) in [5.74, 6) is -2.54. The van der Waals surface area contributed by atoms with E-state index in [0.29, 0.717) is 5.56 Å². The van der Waals surface area contributed by atoms with Crippen molar-refractivity contribution in [3.05, 3.63) is 106 Å². The van der Waals surface area contributed by atoms with Crippen molar-refractivity contribution in [2.75, 3.05) is 20.7 Å². The number of benzene rings is 3. The molecular weight excluding hydrogens is 845 g/mol. The van der Waals surface area contributed by atoms with Gasteiger partial charge < -0.3 is 35.1 Å². The molecule has 6 atom stereocenters. The molecule has 66 heavy (non-hydrogen) atoms. The van der Waals surface area contributed by atoms with Crippen LogP contribution in [0.5, 0.6) is 0 Å². The fourth-order valence-electron chi connectivity index (χ4n) is 8.68. The molecule has 3 N–H and O–H groups in total. The predicted molar refractivity (Wildman–Crippen MR) is 245 cm³/mol. The molecule has 16 heteroatoms. The molecule has 0 spiro atoms. The third-order valence-corrected chi connectivity index (χ3v) is 12.5. The van der Waals surface area contributed by atoms with E-state index in [2.05, 4.69) is 22.0 Å². The van der Waals surface area contributed by atoms with E-state index in [0.717, 1.165) is 41.5 Å². The standard InChI is InChI=1S/C50H64N6O10/c1-30(54(8)47(62)66-50(5,6)7)42(57)53-41(49(2,3)4)45(60)55-27-35-24-34(23-22-33(35)25-39(55)44(59)52-38-21-15-19-32-18-13-14-20-37(32)38)43(58)51-36-26-40(46(61)64-9)56(28-36)48(63)65-29-31-16-11-10-12-17-31/h10-14,16-18,20,22-24,30,36,38-41H,15,19,21,25-29H2,1-9H3,(H,51,58)(H,52,59)(H,53,57)/t30-,36-,38+,39-,40-,41+/m0/s1. The van der Waals surface area contributed by atoms with Gasteiger partial charge in [0.25, 0.3) is 5.91 Å². The SMILES string of the molecule is COC(=O)[C@@H]1C[C@H](NC(=O)c2ccc3c(c2)CN(C(=O)[C@@H](NC(=O)[C@H](C)N(C)C(=O)OC(C)(C)C)C(C)(C)C)[C@H](C(=O)N[C@@H]2CCCc4ccccc42)C3)CN1C(=O)OCc1ccccc1. The van der Waals surface area contributed by atoms with Gasteiger partial charge in [-0.3, -0.25) is 29.0 Å². The number of carbonyl (C=O) groups excluding carboxylic acids is 7. The average molecular weight is 909 g/mol. The molecule has 0 unspecified atom stereocenters. The van der Waals surface area contributed by atoms with Gasteiger partial charge >= 0.3 is 18.2 Å². The normalized spacial score (nSPS) is 20.1. The molecular formula is C50H64N6O10. The number of hydrogen-bond acceptors (Lipinski definition) is 10. The van der Waals surface area contributed by atoms with Crippen LogP contribution in [0, 0.1) is 5.41 Å². The first kappa shape index (κ1) is 49.0. The summed E-state index contributed by atoms with van der Waals surface area (Å²) in [6, 6.07) is 17.3. The first-order chi connectivity index (χ1) is 31.1. The van der Waals surface area contributed by atoms with Gasteiger partial charge in [-0.1, -0.05) is 81.4 Å². The van der Waals surface area contributed by atoms with Crippen LogP contribution in [0.25, 0.3) is 0 Å². The Morgan fingerprint density at radius 3 is 2.21 bits per heavy atom. The largest absolute Gasteiger partial charge is 0.467 e. The van der Waals surface area contributed by atoms with Crippen LogP contribution in [-0.2, 0) is 59.4 Å². The zero-order chi connectivity index (χ0) is 48.1. The fourth-order valence-corrected chi connectivity index (χ4v) is 8.68. The van der Waals surface area contributed by atoms with Crippen molar-refractivity contribution in [1.29, 1.82) is 0 Å². The third-order valence-electron chi connectivity index (χ3n) is 12.5. The molecule has 0 bridgehead atoms. The van der Waals surface area contributed by atoms with Gasteiger partial charge in [-0.05, 0) is 92.3 Å². The maximum atomic E-state index is 15.0. The third kappa shape index (κ3) is 11.7. The van der Waals surface area contributed by atoms with Crippen LogP contribution in [0.4, 0.5) is 9.59 Å². The lowest BCUT2D eigenvalue weighted by Crippen LogP contribution is -2.62. The van der Waals surface area contributed by atoms with Crippen molar-refractivity contribution in [1.82, 2.24) is 30.7 Å². The number of nitrogens with one attached hydrogen (secondary N) is 3. The Kier molecular flexibility index (Phi) is 15.1. The maximum absolute atomic E-state index is 15.0. The topological polar surface area (TPSA) is 193 Å². The molecule has 0 saturated carbocycles. The molecule has 3 aromatic rings. The van der Waals surface area contributed by atoms with Crippen molar-refractivity contribution in [2.24, 2.45) is 5.41 Å². The Morgan fingerprint density at radius 2 is 1.53 bits per heavy atom. The zero-order valence-electron chi connectivity index (χ0n) is 39.5. The second-order valence-electron chi connectivity index (χ2n) is 19.5. The van der Waals surface area contributed by atoms with Gasteiger partial charge in [0.2, 0.25) is 17.7 Å². The summed E-state index contributed by atoms with van der Waals surface area (Å²) in [6.07, 6.45) is 1.33. The molecule has 354 valence electrons. The van der Waals surface area contributed by atoms with Gasteiger partial charge in [0, 0.05) is 44.6 Å². The highest BCUT2D eigenvalue weighted by Gasteiger charge is 2.45. The smallest absolute Gasteiger partial charge is 0.410 e. The Hall–Kier alpha value is -6.45. The highest BCUT2D eigenvalue weighted by Crippen LogP contribution is 2.33. The van der Waals surface area contributed by atoms with Crippen molar-refractivity contribution in [3.8, 4) is 0 Å². The number of ether oxygens (including phenoxy) is 3. The Balaban J connectivity index is 1.24. The highest BCUT2D eigenvalue weighted by atomic mass is 16.6. The number of aryl methyl sites for hydroxylation is 1. The van der Waals surface area contributed by atoms with E-state index in [1.807, 2.05) is 69.3 Å².